The third-order valence-corrected chi connectivity index (χ3v) is 2.98. The van der Waals surface area contributed by atoms with Gasteiger partial charge in [-0.25, -0.2) is 4.79 Å². The minimum Gasteiger partial charge on any atom is -0.496 e. The van der Waals surface area contributed by atoms with Gasteiger partial charge in [0.15, 0.2) is 0 Å². The van der Waals surface area contributed by atoms with Gasteiger partial charge >= 0.3 is 12.1 Å². The zero-order valence-corrected chi connectivity index (χ0v) is 13.7. The summed E-state index contributed by atoms with van der Waals surface area (Å²) >= 11 is 6.14. The molecule has 1 atom stereocenters. The highest BCUT2D eigenvalue weighted by atomic mass is 35.5. The standard InChI is InChI=1S/C15H20ClNO5/c1-15(2,3)22-14(20)17-10(8-12(18)19)13-9(16)6-5-7-11(13)21-4/h5-7,10H,8H2,1-4H3,(H,17,20)(H,18,19)/t10-/m0/s1. The minimum atomic E-state index is -1.08. The van der Waals surface area contributed by atoms with Crippen molar-refractivity contribution in [2.24, 2.45) is 0 Å². The summed E-state index contributed by atoms with van der Waals surface area (Å²) in [7, 11) is 1.44. The second-order valence-corrected chi connectivity index (χ2v) is 6.06. The number of halogens is 1. The lowest BCUT2D eigenvalue weighted by atomic mass is 10.0. The van der Waals surface area contributed by atoms with Crippen LogP contribution < -0.4 is 10.1 Å². The number of benzene rings is 1. The molecule has 0 saturated heterocycles. The van der Waals surface area contributed by atoms with Crippen molar-refractivity contribution in [1.29, 1.82) is 0 Å². The number of alkyl carbamates (subject to hydrolysis) is 1. The summed E-state index contributed by atoms with van der Waals surface area (Å²) in [6.07, 6.45) is -1.07. The van der Waals surface area contributed by atoms with Crippen LogP contribution in [0.2, 0.25) is 5.02 Å². The first-order valence-electron chi connectivity index (χ1n) is 6.67. The normalized spacial score (nSPS) is 12.4. The molecule has 0 radical (unpaired) electrons. The molecular weight excluding hydrogens is 310 g/mol. The van der Waals surface area contributed by atoms with E-state index in [2.05, 4.69) is 5.32 Å². The summed E-state index contributed by atoms with van der Waals surface area (Å²) in [5, 5.41) is 11.9. The van der Waals surface area contributed by atoms with E-state index in [0.717, 1.165) is 0 Å². The Morgan fingerprint density at radius 1 is 1.36 bits per heavy atom. The van der Waals surface area contributed by atoms with Crippen molar-refractivity contribution in [3.05, 3.63) is 28.8 Å². The molecule has 22 heavy (non-hydrogen) atoms. The van der Waals surface area contributed by atoms with Gasteiger partial charge in [0.2, 0.25) is 0 Å². The molecule has 0 heterocycles. The molecule has 0 spiro atoms. The topological polar surface area (TPSA) is 84.9 Å². The summed E-state index contributed by atoms with van der Waals surface area (Å²) in [4.78, 5) is 23.0. The summed E-state index contributed by atoms with van der Waals surface area (Å²) < 4.78 is 10.4. The van der Waals surface area contributed by atoms with Gasteiger partial charge in [0, 0.05) is 10.6 Å². The van der Waals surface area contributed by atoms with E-state index in [0.29, 0.717) is 16.3 Å². The van der Waals surface area contributed by atoms with Gasteiger partial charge in [0.25, 0.3) is 0 Å². The average molecular weight is 330 g/mol. The Labute approximate surface area is 134 Å². The number of nitrogens with one attached hydrogen (secondary N) is 1. The van der Waals surface area contributed by atoms with E-state index >= 15 is 0 Å². The number of carbonyl (C=O) groups is 2. The van der Waals surface area contributed by atoms with Crippen molar-refractivity contribution in [3.8, 4) is 5.75 Å². The number of methoxy groups -OCH3 is 1. The summed E-state index contributed by atoms with van der Waals surface area (Å²) in [6, 6.07) is 4.06. The number of amides is 1. The maximum atomic E-state index is 11.9. The van der Waals surface area contributed by atoms with E-state index in [1.165, 1.54) is 7.11 Å². The van der Waals surface area contributed by atoms with Crippen LogP contribution in [0.3, 0.4) is 0 Å². The largest absolute Gasteiger partial charge is 0.496 e. The lowest BCUT2D eigenvalue weighted by molar-refractivity contribution is -0.137. The summed E-state index contributed by atoms with van der Waals surface area (Å²) in [6.45, 7) is 5.15. The lowest BCUT2D eigenvalue weighted by Crippen LogP contribution is -2.36. The third-order valence-electron chi connectivity index (χ3n) is 2.65. The van der Waals surface area contributed by atoms with Crippen LogP contribution in [0.25, 0.3) is 0 Å². The number of carbonyl (C=O) groups excluding carboxylic acids is 1. The molecule has 1 rings (SSSR count). The second kappa shape index (κ2) is 7.35. The van der Waals surface area contributed by atoms with Crippen molar-refractivity contribution in [2.75, 3.05) is 7.11 Å². The molecule has 122 valence electrons. The molecular formula is C15H20ClNO5. The molecule has 0 aromatic heterocycles. The fourth-order valence-electron chi connectivity index (χ4n) is 1.88. The zero-order valence-electron chi connectivity index (χ0n) is 13.0. The highest BCUT2D eigenvalue weighted by Gasteiger charge is 2.26. The van der Waals surface area contributed by atoms with Gasteiger partial charge in [-0.05, 0) is 32.9 Å². The molecule has 0 unspecified atom stereocenters. The molecule has 0 saturated carbocycles. The number of hydrogen-bond acceptors (Lipinski definition) is 4. The molecule has 2 N–H and O–H groups in total. The molecule has 0 aliphatic heterocycles. The fraction of sp³-hybridized carbons (Fsp3) is 0.467. The molecule has 0 aliphatic carbocycles. The number of rotatable bonds is 5. The van der Waals surface area contributed by atoms with Gasteiger partial charge in [-0.3, -0.25) is 4.79 Å². The van der Waals surface area contributed by atoms with E-state index in [9.17, 15) is 9.59 Å². The van der Waals surface area contributed by atoms with Gasteiger partial charge < -0.3 is 19.9 Å². The van der Waals surface area contributed by atoms with Crippen LogP contribution in [0.15, 0.2) is 18.2 Å². The van der Waals surface area contributed by atoms with Gasteiger partial charge in [-0.15, -0.1) is 0 Å². The van der Waals surface area contributed by atoms with Gasteiger partial charge in [-0.1, -0.05) is 17.7 Å². The lowest BCUT2D eigenvalue weighted by Gasteiger charge is -2.24. The first-order chi connectivity index (χ1) is 10.1. The number of carboxylic acids is 1. The molecule has 0 bridgehead atoms. The van der Waals surface area contributed by atoms with Crippen LogP contribution in [-0.2, 0) is 9.53 Å². The molecule has 1 amide bonds. The van der Waals surface area contributed by atoms with Crippen LogP contribution in [0.1, 0.15) is 38.8 Å². The molecule has 1 aromatic rings. The van der Waals surface area contributed by atoms with Crippen molar-refractivity contribution in [3.63, 3.8) is 0 Å². The minimum absolute atomic E-state index is 0.307. The molecule has 7 heteroatoms. The van der Waals surface area contributed by atoms with Crippen LogP contribution in [0, 0.1) is 0 Å². The highest BCUT2D eigenvalue weighted by molar-refractivity contribution is 6.31. The predicted octanol–water partition coefficient (Wildman–Crippen LogP) is 3.39. The zero-order chi connectivity index (χ0) is 16.9. The maximum absolute atomic E-state index is 11.9. The highest BCUT2D eigenvalue weighted by Crippen LogP contribution is 2.34. The SMILES string of the molecule is COc1cccc(Cl)c1[C@H](CC(=O)O)NC(=O)OC(C)(C)C. The Morgan fingerprint density at radius 2 is 2.00 bits per heavy atom. The van der Waals surface area contributed by atoms with Gasteiger partial charge in [0.1, 0.15) is 11.4 Å². The van der Waals surface area contributed by atoms with E-state index in [-0.39, 0.29) is 6.42 Å². The predicted molar refractivity (Wildman–Crippen MR) is 82.4 cm³/mol. The van der Waals surface area contributed by atoms with Crippen LogP contribution in [0.4, 0.5) is 4.79 Å². The Bertz CT molecular complexity index is 553. The summed E-state index contributed by atoms with van der Waals surface area (Å²) in [5.41, 5.74) is -0.289. The fourth-order valence-corrected chi connectivity index (χ4v) is 2.18. The quantitative estimate of drug-likeness (QED) is 0.865. The third kappa shape index (κ3) is 5.44. The number of carboxylic acid groups (broad SMARTS) is 1. The molecule has 0 fully saturated rings. The van der Waals surface area contributed by atoms with E-state index in [1.54, 1.807) is 39.0 Å². The van der Waals surface area contributed by atoms with Crippen LogP contribution >= 0.6 is 11.6 Å². The smallest absolute Gasteiger partial charge is 0.408 e. The van der Waals surface area contributed by atoms with Crippen molar-refractivity contribution >= 4 is 23.7 Å². The van der Waals surface area contributed by atoms with Crippen molar-refractivity contribution in [1.82, 2.24) is 5.32 Å². The average Bonchev–Trinajstić information content (AvgIpc) is 2.34. The van der Waals surface area contributed by atoms with Crippen LogP contribution in [0.5, 0.6) is 5.75 Å². The van der Waals surface area contributed by atoms with Crippen molar-refractivity contribution in [2.45, 2.75) is 38.8 Å². The maximum Gasteiger partial charge on any atom is 0.408 e. The van der Waals surface area contributed by atoms with E-state index in [4.69, 9.17) is 26.2 Å². The molecule has 6 nitrogen and oxygen atoms in total. The number of aliphatic carboxylic acids is 1. The first-order valence-corrected chi connectivity index (χ1v) is 7.05. The summed E-state index contributed by atoms with van der Waals surface area (Å²) in [5.74, 6) is -0.683. The first kappa shape index (κ1) is 18.1. The Balaban J connectivity index is 3.09. The number of ether oxygens (including phenoxy) is 2. The molecule has 0 aliphatic rings. The van der Waals surface area contributed by atoms with Crippen LogP contribution in [-0.4, -0.2) is 29.9 Å². The molecule has 1 aromatic carbocycles. The number of hydrogen-bond donors (Lipinski definition) is 2. The van der Waals surface area contributed by atoms with Gasteiger partial charge in [0.05, 0.1) is 19.6 Å². The monoisotopic (exact) mass is 329 g/mol. The Hall–Kier alpha value is -1.95. The van der Waals surface area contributed by atoms with Gasteiger partial charge in [-0.2, -0.15) is 0 Å². The Morgan fingerprint density at radius 3 is 2.50 bits per heavy atom. The van der Waals surface area contributed by atoms with E-state index in [1.807, 2.05) is 0 Å². The Kier molecular flexibility index (Phi) is 6.05. The second-order valence-electron chi connectivity index (χ2n) is 5.65. The van der Waals surface area contributed by atoms with E-state index < -0.39 is 23.7 Å². The van der Waals surface area contributed by atoms with Crippen molar-refractivity contribution < 1.29 is 24.2 Å².